The van der Waals surface area contributed by atoms with Crippen molar-refractivity contribution in [3.8, 4) is 0 Å². The molecule has 5 rings (SSSR count). The van der Waals surface area contributed by atoms with Crippen LogP contribution < -0.4 is 10.6 Å². The molecule has 0 aromatic heterocycles. The summed E-state index contributed by atoms with van der Waals surface area (Å²) in [5, 5.41) is 5.32. The van der Waals surface area contributed by atoms with E-state index in [0.717, 1.165) is 29.5 Å². The average molecular weight is 475 g/mol. The number of urea groups is 1. The Bertz CT molecular complexity index is 1190. The number of fused-ring (bicyclic) bond motifs is 1. The van der Waals surface area contributed by atoms with Crippen LogP contribution in [0.1, 0.15) is 48.9 Å². The van der Waals surface area contributed by atoms with Gasteiger partial charge in [0.25, 0.3) is 5.91 Å². The van der Waals surface area contributed by atoms with Crippen LogP contribution in [-0.2, 0) is 27.2 Å². The molecule has 0 unspecified atom stereocenters. The van der Waals surface area contributed by atoms with Crippen LogP contribution in [0.3, 0.4) is 0 Å². The van der Waals surface area contributed by atoms with E-state index >= 15 is 0 Å². The number of rotatable bonds is 7. The van der Waals surface area contributed by atoms with E-state index in [1.165, 1.54) is 4.90 Å². The lowest BCUT2D eigenvalue weighted by atomic mass is 9.95. The molecule has 5 amide bonds. The number of likely N-dealkylation sites (N-methyl/N-ethyl adjacent to an activating group) is 1. The maximum Gasteiger partial charge on any atom is 0.324 e. The lowest BCUT2D eigenvalue weighted by Gasteiger charge is -2.29. The minimum atomic E-state index is -0.904. The van der Waals surface area contributed by atoms with Crippen LogP contribution in [0.2, 0.25) is 0 Å². The van der Waals surface area contributed by atoms with Crippen LogP contribution >= 0.6 is 0 Å². The highest BCUT2D eigenvalue weighted by atomic mass is 16.2. The van der Waals surface area contributed by atoms with Gasteiger partial charge in [-0.15, -0.1) is 0 Å². The largest absolute Gasteiger partial charge is 0.327 e. The number of amides is 5. The van der Waals surface area contributed by atoms with E-state index in [1.54, 1.807) is 18.0 Å². The molecule has 2 aromatic carbocycles. The molecule has 35 heavy (non-hydrogen) atoms. The van der Waals surface area contributed by atoms with Crippen LogP contribution in [0.4, 0.5) is 10.5 Å². The molecular formula is C27H30N4O4. The van der Waals surface area contributed by atoms with Crippen molar-refractivity contribution < 1.29 is 19.2 Å². The molecule has 8 nitrogen and oxygen atoms in total. The molecule has 1 heterocycles. The summed E-state index contributed by atoms with van der Waals surface area (Å²) in [5.74, 6) is -0.130. The van der Waals surface area contributed by atoms with Crippen LogP contribution in [0, 0.1) is 5.92 Å². The summed E-state index contributed by atoms with van der Waals surface area (Å²) in [6.45, 7) is 1.91. The average Bonchev–Trinajstić information content (AvgIpc) is 3.53. The Balaban J connectivity index is 1.29. The van der Waals surface area contributed by atoms with Crippen molar-refractivity contribution >= 4 is 29.4 Å². The topological polar surface area (TPSA) is 98.8 Å². The van der Waals surface area contributed by atoms with E-state index in [-0.39, 0.29) is 36.3 Å². The summed E-state index contributed by atoms with van der Waals surface area (Å²) in [5.41, 5.74) is 2.61. The second kappa shape index (κ2) is 8.83. The van der Waals surface area contributed by atoms with Gasteiger partial charge in [0.2, 0.25) is 11.8 Å². The number of carbonyl (C=O) groups excluding carboxylic acids is 4. The van der Waals surface area contributed by atoms with Gasteiger partial charge in [0.15, 0.2) is 0 Å². The third kappa shape index (κ3) is 4.40. The molecule has 182 valence electrons. The molecule has 1 aliphatic heterocycles. The highest BCUT2D eigenvalue weighted by Crippen LogP contribution is 2.38. The summed E-state index contributed by atoms with van der Waals surface area (Å²) < 4.78 is 0. The molecule has 1 spiro atoms. The first-order valence-electron chi connectivity index (χ1n) is 12.1. The highest BCUT2D eigenvalue weighted by molar-refractivity contribution is 6.07. The van der Waals surface area contributed by atoms with Crippen molar-refractivity contribution in [2.24, 2.45) is 5.92 Å². The third-order valence-electron chi connectivity index (χ3n) is 7.59. The lowest BCUT2D eigenvalue weighted by molar-refractivity contribution is -0.137. The molecule has 0 bridgehead atoms. The zero-order valence-electron chi connectivity index (χ0n) is 20.0. The molecule has 1 saturated heterocycles. The Hall–Kier alpha value is -3.68. The van der Waals surface area contributed by atoms with E-state index in [9.17, 15) is 19.2 Å². The Morgan fingerprint density at radius 3 is 2.49 bits per heavy atom. The number of nitrogens with one attached hydrogen (secondary N) is 2. The first kappa shape index (κ1) is 23.1. The minimum Gasteiger partial charge on any atom is -0.327 e. The molecule has 2 N–H and O–H groups in total. The second-order valence-electron chi connectivity index (χ2n) is 9.99. The van der Waals surface area contributed by atoms with Crippen LogP contribution in [-0.4, -0.2) is 52.7 Å². The van der Waals surface area contributed by atoms with Crippen LogP contribution in [0.25, 0.3) is 0 Å². The van der Waals surface area contributed by atoms with Gasteiger partial charge in [0, 0.05) is 32.0 Å². The van der Waals surface area contributed by atoms with Crippen molar-refractivity contribution in [3.63, 3.8) is 0 Å². The number of benzene rings is 2. The summed E-state index contributed by atoms with van der Waals surface area (Å²) in [7, 11) is 1.63. The predicted molar refractivity (Wildman–Crippen MR) is 130 cm³/mol. The molecule has 2 atom stereocenters. The molecule has 3 aliphatic rings. The first-order chi connectivity index (χ1) is 16.8. The smallest absolute Gasteiger partial charge is 0.324 e. The SMILES string of the molecule is C[C@H](c1ccccc1)N(CC(=O)Nc1ccc2c(c1)C[C@@]1(C2)C(=O)NC(=O)N1C)C(=O)CC1CC1. The van der Waals surface area contributed by atoms with E-state index in [2.05, 4.69) is 10.6 Å². The van der Waals surface area contributed by atoms with Gasteiger partial charge in [-0.1, -0.05) is 36.4 Å². The number of nitrogens with zero attached hydrogens (tertiary/aromatic N) is 2. The van der Waals surface area contributed by atoms with Gasteiger partial charge >= 0.3 is 6.03 Å². The Morgan fingerprint density at radius 1 is 1.11 bits per heavy atom. The number of hydrogen-bond donors (Lipinski definition) is 2. The number of carbonyl (C=O) groups is 4. The molecule has 2 fully saturated rings. The van der Waals surface area contributed by atoms with Crippen molar-refractivity contribution in [3.05, 3.63) is 65.2 Å². The molecule has 2 aliphatic carbocycles. The summed E-state index contributed by atoms with van der Waals surface area (Å²) in [4.78, 5) is 53.7. The zero-order chi connectivity index (χ0) is 24.7. The van der Waals surface area contributed by atoms with Crippen LogP contribution in [0.5, 0.6) is 0 Å². The minimum absolute atomic E-state index is 0.00477. The van der Waals surface area contributed by atoms with E-state index in [1.807, 2.05) is 49.4 Å². The van der Waals surface area contributed by atoms with Crippen molar-refractivity contribution in [2.45, 2.75) is 50.6 Å². The van der Waals surface area contributed by atoms with Gasteiger partial charge in [-0.3, -0.25) is 19.7 Å². The maximum atomic E-state index is 13.1. The van der Waals surface area contributed by atoms with Gasteiger partial charge in [-0.2, -0.15) is 0 Å². The third-order valence-corrected chi connectivity index (χ3v) is 7.59. The second-order valence-corrected chi connectivity index (χ2v) is 9.99. The normalized spacial score (nSPS) is 21.6. The number of anilines is 1. The van der Waals surface area contributed by atoms with E-state index in [0.29, 0.717) is 30.9 Å². The van der Waals surface area contributed by atoms with Gasteiger partial charge in [-0.05, 0) is 54.5 Å². The zero-order valence-corrected chi connectivity index (χ0v) is 20.0. The van der Waals surface area contributed by atoms with E-state index in [4.69, 9.17) is 0 Å². The lowest BCUT2D eigenvalue weighted by Crippen LogP contribution is -2.48. The fraction of sp³-hybridized carbons (Fsp3) is 0.407. The summed E-state index contributed by atoms with van der Waals surface area (Å²) in [6.07, 6.45) is 3.46. The molecule has 1 saturated carbocycles. The summed E-state index contributed by atoms with van der Waals surface area (Å²) >= 11 is 0. The van der Waals surface area contributed by atoms with Crippen molar-refractivity contribution in [1.29, 1.82) is 0 Å². The van der Waals surface area contributed by atoms with E-state index < -0.39 is 5.54 Å². The van der Waals surface area contributed by atoms with Gasteiger partial charge in [0.1, 0.15) is 12.1 Å². The predicted octanol–water partition coefficient (Wildman–Crippen LogP) is 3.03. The van der Waals surface area contributed by atoms with Crippen molar-refractivity contribution in [1.82, 2.24) is 15.1 Å². The van der Waals surface area contributed by atoms with Gasteiger partial charge in [0.05, 0.1) is 6.04 Å². The van der Waals surface area contributed by atoms with Gasteiger partial charge < -0.3 is 15.1 Å². The molecule has 8 heteroatoms. The van der Waals surface area contributed by atoms with Crippen molar-refractivity contribution in [2.75, 3.05) is 18.9 Å². The monoisotopic (exact) mass is 474 g/mol. The van der Waals surface area contributed by atoms with Gasteiger partial charge in [-0.25, -0.2) is 4.79 Å². The number of hydrogen-bond acceptors (Lipinski definition) is 4. The maximum absolute atomic E-state index is 13.1. The summed E-state index contributed by atoms with van der Waals surface area (Å²) in [6, 6.07) is 14.7. The fourth-order valence-electron chi connectivity index (χ4n) is 5.17. The fourth-order valence-corrected chi connectivity index (χ4v) is 5.17. The highest BCUT2D eigenvalue weighted by Gasteiger charge is 2.54. The standard InChI is InChI=1S/C27H30N4O4/c1-17(19-6-4-3-5-7-19)31(24(33)12-18-8-9-18)16-23(32)28-22-11-10-20-14-27(15-21(20)13-22)25(34)29-26(35)30(27)2/h3-7,10-11,13,17-18H,8-9,12,14-16H2,1-2H3,(H,28,32)(H,29,34,35)/t17-,27+/m1/s1. The van der Waals surface area contributed by atoms with Crippen LogP contribution in [0.15, 0.2) is 48.5 Å². The molecular weight excluding hydrogens is 444 g/mol. The quantitative estimate of drug-likeness (QED) is 0.603. The molecule has 0 radical (unpaired) electrons. The first-order valence-corrected chi connectivity index (χ1v) is 12.1. The number of imide groups is 1. The Morgan fingerprint density at radius 2 is 1.83 bits per heavy atom. The molecule has 2 aromatic rings. The Labute approximate surface area is 204 Å². The Kier molecular flexibility index (Phi) is 5.83.